The Morgan fingerprint density at radius 2 is 1.62 bits per heavy atom. The summed E-state index contributed by atoms with van der Waals surface area (Å²) in [4.78, 5) is 9.90. The van der Waals surface area contributed by atoms with Gasteiger partial charge in [-0.15, -0.1) is 0 Å². The van der Waals surface area contributed by atoms with Crippen molar-refractivity contribution in [1.29, 1.82) is 0 Å². The molecule has 0 aromatic heterocycles. The highest BCUT2D eigenvalue weighted by molar-refractivity contribution is 5.56. The van der Waals surface area contributed by atoms with Crippen molar-refractivity contribution in [1.82, 2.24) is 0 Å². The first-order valence-electron chi connectivity index (χ1n) is 4.94. The minimum Gasteiger partial charge on any atom is -0.394 e. The SMILES string of the molecule is CCCN.O=C[C@@H](O)[C@@H](O)[C@H](O)[C@H](O)CO. The maximum absolute atomic E-state index is 9.90. The molecule has 0 bridgehead atoms. The van der Waals surface area contributed by atoms with Crippen molar-refractivity contribution < 1.29 is 30.3 Å². The molecular weight excluding hydrogens is 218 g/mol. The van der Waals surface area contributed by atoms with Gasteiger partial charge in [0.2, 0.25) is 0 Å². The summed E-state index contributed by atoms with van der Waals surface area (Å²) < 4.78 is 0. The minimum atomic E-state index is -1.79. The Bertz CT molecular complexity index is 166. The molecule has 0 aliphatic rings. The largest absolute Gasteiger partial charge is 0.394 e. The van der Waals surface area contributed by atoms with E-state index in [1.165, 1.54) is 0 Å². The molecule has 0 aliphatic heterocycles. The van der Waals surface area contributed by atoms with Crippen LogP contribution in [0.4, 0.5) is 0 Å². The summed E-state index contributed by atoms with van der Waals surface area (Å²) >= 11 is 0. The molecule has 0 heterocycles. The van der Waals surface area contributed by atoms with Crippen LogP contribution in [0.1, 0.15) is 13.3 Å². The molecule has 0 aliphatic carbocycles. The maximum atomic E-state index is 9.90. The monoisotopic (exact) mass is 239 g/mol. The Kier molecular flexibility index (Phi) is 12.2. The zero-order chi connectivity index (χ0) is 13.1. The number of carbonyl (C=O) groups excluding carboxylic acids is 1. The Morgan fingerprint density at radius 3 is 1.88 bits per heavy atom. The lowest BCUT2D eigenvalue weighted by Crippen LogP contribution is -2.46. The van der Waals surface area contributed by atoms with Crippen molar-refractivity contribution in [3.05, 3.63) is 0 Å². The van der Waals surface area contributed by atoms with E-state index in [1.807, 2.05) is 0 Å². The number of hydrogen-bond donors (Lipinski definition) is 6. The van der Waals surface area contributed by atoms with Gasteiger partial charge in [-0.1, -0.05) is 6.92 Å². The number of aldehydes is 1. The molecule has 0 unspecified atom stereocenters. The Balaban J connectivity index is 0. The van der Waals surface area contributed by atoms with Gasteiger partial charge in [0, 0.05) is 0 Å². The summed E-state index contributed by atoms with van der Waals surface area (Å²) in [6, 6.07) is 0. The van der Waals surface area contributed by atoms with Crippen LogP contribution in [-0.4, -0.2) is 69.4 Å². The average Bonchev–Trinajstić information content (AvgIpc) is 2.34. The lowest BCUT2D eigenvalue weighted by atomic mass is 10.0. The van der Waals surface area contributed by atoms with E-state index in [1.54, 1.807) is 0 Å². The molecular formula is C9H21NO6. The topological polar surface area (TPSA) is 144 Å². The van der Waals surface area contributed by atoms with Gasteiger partial charge in [-0.25, -0.2) is 0 Å². The lowest BCUT2D eigenvalue weighted by molar-refractivity contribution is -0.136. The number of aliphatic hydroxyl groups excluding tert-OH is 5. The molecule has 0 spiro atoms. The molecule has 0 radical (unpaired) electrons. The van der Waals surface area contributed by atoms with E-state index in [4.69, 9.17) is 31.3 Å². The number of nitrogens with two attached hydrogens (primary N) is 1. The molecule has 98 valence electrons. The summed E-state index contributed by atoms with van der Waals surface area (Å²) in [6.45, 7) is 2.11. The quantitative estimate of drug-likeness (QED) is 0.270. The lowest BCUT2D eigenvalue weighted by Gasteiger charge is -2.22. The zero-order valence-electron chi connectivity index (χ0n) is 9.23. The Morgan fingerprint density at radius 1 is 1.19 bits per heavy atom. The van der Waals surface area contributed by atoms with Crippen LogP contribution in [0, 0.1) is 0 Å². The van der Waals surface area contributed by atoms with Gasteiger partial charge in [0.1, 0.15) is 24.4 Å². The maximum Gasteiger partial charge on any atom is 0.151 e. The summed E-state index contributed by atoms with van der Waals surface area (Å²) in [5.74, 6) is 0. The fourth-order valence-electron chi connectivity index (χ4n) is 0.618. The molecule has 7 nitrogen and oxygen atoms in total. The van der Waals surface area contributed by atoms with Crippen LogP contribution >= 0.6 is 0 Å². The van der Waals surface area contributed by atoms with E-state index in [2.05, 4.69) is 6.92 Å². The number of carbonyl (C=O) groups is 1. The van der Waals surface area contributed by atoms with Gasteiger partial charge >= 0.3 is 0 Å². The van der Waals surface area contributed by atoms with Gasteiger partial charge in [-0.2, -0.15) is 0 Å². The highest BCUT2D eigenvalue weighted by Gasteiger charge is 2.29. The molecule has 7 N–H and O–H groups in total. The number of aliphatic hydroxyl groups is 5. The van der Waals surface area contributed by atoms with Crippen molar-refractivity contribution in [2.24, 2.45) is 5.73 Å². The standard InChI is InChI=1S/C6H12O6.C3H9N/c7-1-3(9)5(11)6(12)4(10)2-8;1-2-3-4/h1,3-6,8-12H,2H2;2-4H2,1H3/t3-,4-,5-,6-;/m1./s1. The predicted molar refractivity (Wildman–Crippen MR) is 56.5 cm³/mol. The van der Waals surface area contributed by atoms with E-state index in [-0.39, 0.29) is 6.29 Å². The average molecular weight is 239 g/mol. The van der Waals surface area contributed by atoms with Crippen molar-refractivity contribution in [3.8, 4) is 0 Å². The van der Waals surface area contributed by atoms with Gasteiger partial charge < -0.3 is 36.1 Å². The second-order valence-corrected chi connectivity index (χ2v) is 3.15. The van der Waals surface area contributed by atoms with Crippen molar-refractivity contribution in [2.45, 2.75) is 37.8 Å². The molecule has 16 heavy (non-hydrogen) atoms. The summed E-state index contributed by atoms with van der Waals surface area (Å²) in [5.41, 5.74) is 5.03. The first-order chi connectivity index (χ1) is 7.45. The molecule has 0 aromatic rings. The molecule has 0 rings (SSSR count). The smallest absolute Gasteiger partial charge is 0.151 e. The van der Waals surface area contributed by atoms with Gasteiger partial charge in [0.15, 0.2) is 6.29 Å². The van der Waals surface area contributed by atoms with Crippen LogP contribution in [0.15, 0.2) is 0 Å². The number of hydrogen-bond acceptors (Lipinski definition) is 7. The summed E-state index contributed by atoms with van der Waals surface area (Å²) in [5, 5.41) is 43.5. The Labute approximate surface area is 94.1 Å². The van der Waals surface area contributed by atoms with Crippen LogP contribution in [0.5, 0.6) is 0 Å². The van der Waals surface area contributed by atoms with Gasteiger partial charge in [-0.05, 0) is 13.0 Å². The second kappa shape index (κ2) is 10.9. The van der Waals surface area contributed by atoms with E-state index >= 15 is 0 Å². The molecule has 4 atom stereocenters. The highest BCUT2D eigenvalue weighted by atomic mass is 16.4. The third kappa shape index (κ3) is 7.69. The van der Waals surface area contributed by atoms with Crippen LogP contribution < -0.4 is 5.73 Å². The highest BCUT2D eigenvalue weighted by Crippen LogP contribution is 2.02. The van der Waals surface area contributed by atoms with Crippen molar-refractivity contribution in [3.63, 3.8) is 0 Å². The zero-order valence-corrected chi connectivity index (χ0v) is 9.23. The molecule has 0 aromatic carbocycles. The minimum absolute atomic E-state index is 0.0258. The van der Waals surface area contributed by atoms with E-state index in [9.17, 15) is 4.79 Å². The van der Waals surface area contributed by atoms with Gasteiger partial charge in [-0.3, -0.25) is 0 Å². The fraction of sp³-hybridized carbons (Fsp3) is 0.889. The van der Waals surface area contributed by atoms with E-state index < -0.39 is 31.0 Å². The first kappa shape index (κ1) is 17.8. The van der Waals surface area contributed by atoms with Gasteiger partial charge in [0.05, 0.1) is 6.61 Å². The third-order valence-electron chi connectivity index (χ3n) is 1.71. The predicted octanol–water partition coefficient (Wildman–Crippen LogP) is -3.02. The number of rotatable bonds is 6. The van der Waals surface area contributed by atoms with Crippen LogP contribution in [-0.2, 0) is 4.79 Å². The van der Waals surface area contributed by atoms with Crippen molar-refractivity contribution >= 4 is 6.29 Å². The summed E-state index contributed by atoms with van der Waals surface area (Å²) in [7, 11) is 0. The molecule has 7 heteroatoms. The second-order valence-electron chi connectivity index (χ2n) is 3.15. The summed E-state index contributed by atoms with van der Waals surface area (Å²) in [6.07, 6.45) is -5.74. The normalized spacial score (nSPS) is 17.7. The Hall–Kier alpha value is -0.570. The molecule has 0 saturated carbocycles. The van der Waals surface area contributed by atoms with Crippen LogP contribution in [0.25, 0.3) is 0 Å². The van der Waals surface area contributed by atoms with E-state index in [0.29, 0.717) is 0 Å². The first-order valence-corrected chi connectivity index (χ1v) is 4.94. The van der Waals surface area contributed by atoms with Crippen molar-refractivity contribution in [2.75, 3.05) is 13.2 Å². The molecule has 0 fully saturated rings. The molecule has 0 saturated heterocycles. The van der Waals surface area contributed by atoms with E-state index in [0.717, 1.165) is 13.0 Å². The fourth-order valence-corrected chi connectivity index (χ4v) is 0.618. The third-order valence-corrected chi connectivity index (χ3v) is 1.71. The molecule has 0 amide bonds. The van der Waals surface area contributed by atoms with Crippen LogP contribution in [0.2, 0.25) is 0 Å². The van der Waals surface area contributed by atoms with Gasteiger partial charge in [0.25, 0.3) is 0 Å². The van der Waals surface area contributed by atoms with Crippen LogP contribution in [0.3, 0.4) is 0 Å².